The van der Waals surface area contributed by atoms with Gasteiger partial charge >= 0.3 is 0 Å². The standard InChI is InChI=1S/C14H13FIN/c1-17(14-4-2-3-12(15)9-14)10-11-5-7-13(16)8-6-11/h2-9H,10H2,1H3. The van der Waals surface area contributed by atoms with Crippen molar-refractivity contribution in [1.29, 1.82) is 0 Å². The molecule has 2 aromatic rings. The van der Waals surface area contributed by atoms with Crippen LogP contribution >= 0.6 is 22.6 Å². The quantitative estimate of drug-likeness (QED) is 0.761. The summed E-state index contributed by atoms with van der Waals surface area (Å²) in [5.41, 5.74) is 2.11. The van der Waals surface area contributed by atoms with E-state index in [1.54, 1.807) is 12.1 Å². The molecule has 0 amide bonds. The van der Waals surface area contributed by atoms with Crippen LogP contribution in [0.2, 0.25) is 0 Å². The molecular weight excluding hydrogens is 328 g/mol. The lowest BCUT2D eigenvalue weighted by Crippen LogP contribution is -2.16. The number of benzene rings is 2. The SMILES string of the molecule is CN(Cc1ccc(I)cc1)c1cccc(F)c1. The first-order valence-electron chi connectivity index (χ1n) is 5.36. The molecule has 0 saturated carbocycles. The third-order valence-electron chi connectivity index (χ3n) is 2.58. The van der Waals surface area contributed by atoms with Crippen LogP contribution in [0.1, 0.15) is 5.56 Å². The van der Waals surface area contributed by atoms with Gasteiger partial charge in [0.1, 0.15) is 5.82 Å². The Morgan fingerprint density at radius 2 is 1.82 bits per heavy atom. The summed E-state index contributed by atoms with van der Waals surface area (Å²) in [7, 11) is 1.97. The molecule has 0 aliphatic carbocycles. The third-order valence-corrected chi connectivity index (χ3v) is 3.30. The molecule has 0 atom stereocenters. The van der Waals surface area contributed by atoms with Gasteiger partial charge in [0.05, 0.1) is 0 Å². The van der Waals surface area contributed by atoms with Crippen molar-refractivity contribution in [3.63, 3.8) is 0 Å². The summed E-state index contributed by atoms with van der Waals surface area (Å²) >= 11 is 2.28. The summed E-state index contributed by atoms with van der Waals surface area (Å²) in [5.74, 6) is -0.197. The molecule has 0 heterocycles. The molecule has 0 spiro atoms. The number of hydrogen-bond acceptors (Lipinski definition) is 1. The topological polar surface area (TPSA) is 3.24 Å². The summed E-state index contributed by atoms with van der Waals surface area (Å²) in [6.45, 7) is 0.778. The van der Waals surface area contributed by atoms with Crippen LogP contribution in [0.25, 0.3) is 0 Å². The minimum atomic E-state index is -0.197. The predicted molar refractivity (Wildman–Crippen MR) is 77.7 cm³/mol. The number of anilines is 1. The summed E-state index contributed by atoms with van der Waals surface area (Å²) in [6.07, 6.45) is 0. The summed E-state index contributed by atoms with van der Waals surface area (Å²) in [6, 6.07) is 15.0. The van der Waals surface area contributed by atoms with Crippen molar-refractivity contribution in [2.45, 2.75) is 6.54 Å². The summed E-state index contributed by atoms with van der Waals surface area (Å²) < 4.78 is 14.3. The Morgan fingerprint density at radius 1 is 1.12 bits per heavy atom. The van der Waals surface area contributed by atoms with E-state index in [1.165, 1.54) is 15.2 Å². The Hall–Kier alpha value is -1.10. The van der Waals surface area contributed by atoms with Gasteiger partial charge in [-0.3, -0.25) is 0 Å². The Bertz CT molecular complexity index is 496. The lowest BCUT2D eigenvalue weighted by Gasteiger charge is -2.19. The highest BCUT2D eigenvalue weighted by Crippen LogP contribution is 2.17. The molecular formula is C14H13FIN. The number of rotatable bonds is 3. The lowest BCUT2D eigenvalue weighted by molar-refractivity contribution is 0.627. The smallest absolute Gasteiger partial charge is 0.125 e. The van der Waals surface area contributed by atoms with Crippen molar-refractivity contribution < 1.29 is 4.39 Å². The molecule has 3 heteroatoms. The van der Waals surface area contributed by atoms with Gasteiger partial charge in [0.25, 0.3) is 0 Å². The predicted octanol–water partition coefficient (Wildman–Crippen LogP) is 4.07. The minimum Gasteiger partial charge on any atom is -0.370 e. The van der Waals surface area contributed by atoms with Crippen LogP contribution in [0.3, 0.4) is 0 Å². The third kappa shape index (κ3) is 3.43. The van der Waals surface area contributed by atoms with Crippen LogP contribution in [-0.4, -0.2) is 7.05 Å². The summed E-state index contributed by atoms with van der Waals surface area (Å²) in [5, 5.41) is 0. The molecule has 0 aliphatic rings. The number of halogens is 2. The van der Waals surface area contributed by atoms with E-state index in [9.17, 15) is 4.39 Å². The van der Waals surface area contributed by atoms with Gasteiger partial charge in [0.2, 0.25) is 0 Å². The van der Waals surface area contributed by atoms with Crippen LogP contribution in [0.4, 0.5) is 10.1 Å². The zero-order valence-corrected chi connectivity index (χ0v) is 11.7. The molecule has 0 N–H and O–H groups in total. The van der Waals surface area contributed by atoms with Crippen LogP contribution in [0.15, 0.2) is 48.5 Å². The zero-order valence-electron chi connectivity index (χ0n) is 9.53. The normalized spacial score (nSPS) is 10.3. The highest BCUT2D eigenvalue weighted by molar-refractivity contribution is 14.1. The van der Waals surface area contributed by atoms with Gasteiger partial charge in [-0.25, -0.2) is 4.39 Å². The molecule has 0 bridgehead atoms. The first-order valence-corrected chi connectivity index (χ1v) is 6.44. The van der Waals surface area contributed by atoms with E-state index in [2.05, 4.69) is 46.9 Å². The molecule has 2 rings (SSSR count). The molecule has 17 heavy (non-hydrogen) atoms. The maximum atomic E-state index is 13.1. The average molecular weight is 341 g/mol. The van der Waals surface area contributed by atoms with E-state index in [0.717, 1.165) is 12.2 Å². The van der Waals surface area contributed by atoms with Crippen molar-refractivity contribution in [2.75, 3.05) is 11.9 Å². The highest BCUT2D eigenvalue weighted by Gasteiger charge is 2.03. The Labute approximate surface area is 114 Å². The zero-order chi connectivity index (χ0) is 12.3. The second kappa shape index (κ2) is 5.49. The maximum absolute atomic E-state index is 13.1. The van der Waals surface area contributed by atoms with Gasteiger partial charge in [-0.1, -0.05) is 18.2 Å². The lowest BCUT2D eigenvalue weighted by atomic mass is 10.2. The molecule has 0 fully saturated rings. The maximum Gasteiger partial charge on any atom is 0.125 e. The monoisotopic (exact) mass is 341 g/mol. The Kier molecular flexibility index (Phi) is 3.99. The molecule has 2 aromatic carbocycles. The number of hydrogen-bond donors (Lipinski definition) is 0. The highest BCUT2D eigenvalue weighted by atomic mass is 127. The Balaban J connectivity index is 2.11. The molecule has 0 aliphatic heterocycles. The van der Waals surface area contributed by atoms with Crippen LogP contribution in [-0.2, 0) is 6.54 Å². The van der Waals surface area contributed by atoms with Gasteiger partial charge in [-0.15, -0.1) is 0 Å². The van der Waals surface area contributed by atoms with Gasteiger partial charge < -0.3 is 4.90 Å². The fraction of sp³-hybridized carbons (Fsp3) is 0.143. The number of nitrogens with zero attached hydrogens (tertiary/aromatic N) is 1. The van der Waals surface area contributed by atoms with Crippen molar-refractivity contribution >= 4 is 28.3 Å². The van der Waals surface area contributed by atoms with E-state index in [4.69, 9.17) is 0 Å². The van der Waals surface area contributed by atoms with Crippen LogP contribution in [0.5, 0.6) is 0 Å². The first-order chi connectivity index (χ1) is 8.15. The van der Waals surface area contributed by atoms with E-state index < -0.39 is 0 Å². The van der Waals surface area contributed by atoms with Crippen molar-refractivity contribution in [3.05, 3.63) is 63.5 Å². The summed E-state index contributed by atoms with van der Waals surface area (Å²) in [4.78, 5) is 2.03. The molecule has 0 aromatic heterocycles. The van der Waals surface area contributed by atoms with Crippen molar-refractivity contribution in [2.24, 2.45) is 0 Å². The van der Waals surface area contributed by atoms with Gasteiger partial charge in [-0.2, -0.15) is 0 Å². The second-order valence-corrected chi connectivity index (χ2v) is 5.21. The molecule has 88 valence electrons. The van der Waals surface area contributed by atoms with E-state index in [-0.39, 0.29) is 5.82 Å². The first kappa shape index (κ1) is 12.4. The van der Waals surface area contributed by atoms with E-state index in [0.29, 0.717) is 0 Å². The minimum absolute atomic E-state index is 0.197. The molecule has 0 radical (unpaired) electrons. The molecule has 1 nitrogen and oxygen atoms in total. The fourth-order valence-electron chi connectivity index (χ4n) is 1.67. The van der Waals surface area contributed by atoms with E-state index >= 15 is 0 Å². The molecule has 0 saturated heterocycles. The fourth-order valence-corrected chi connectivity index (χ4v) is 2.03. The van der Waals surface area contributed by atoms with Gasteiger partial charge in [0.15, 0.2) is 0 Å². The average Bonchev–Trinajstić information content (AvgIpc) is 2.32. The molecule has 0 unspecified atom stereocenters. The van der Waals surface area contributed by atoms with E-state index in [1.807, 2.05) is 18.0 Å². The van der Waals surface area contributed by atoms with Gasteiger partial charge in [0, 0.05) is 22.8 Å². The second-order valence-electron chi connectivity index (χ2n) is 3.96. The van der Waals surface area contributed by atoms with Crippen LogP contribution in [0, 0.1) is 9.39 Å². The van der Waals surface area contributed by atoms with Crippen molar-refractivity contribution in [3.8, 4) is 0 Å². The van der Waals surface area contributed by atoms with Gasteiger partial charge in [-0.05, 0) is 58.5 Å². The van der Waals surface area contributed by atoms with Crippen LogP contribution < -0.4 is 4.90 Å². The largest absolute Gasteiger partial charge is 0.370 e. The Morgan fingerprint density at radius 3 is 2.47 bits per heavy atom. The van der Waals surface area contributed by atoms with Crippen molar-refractivity contribution in [1.82, 2.24) is 0 Å².